The van der Waals surface area contributed by atoms with Gasteiger partial charge in [-0.25, -0.2) is 0 Å². The first-order valence-electron chi connectivity index (χ1n) is 10.0. The van der Waals surface area contributed by atoms with Crippen molar-refractivity contribution in [3.63, 3.8) is 0 Å². The lowest BCUT2D eigenvalue weighted by Gasteiger charge is -2.21. The summed E-state index contributed by atoms with van der Waals surface area (Å²) in [6.45, 7) is 6.90. The second kappa shape index (κ2) is 9.98. The number of nitrogens with one attached hydrogen (secondary N) is 2. The van der Waals surface area contributed by atoms with Crippen LogP contribution in [0.2, 0.25) is 0 Å². The topological polar surface area (TPSA) is 83.1 Å². The third-order valence-corrected chi connectivity index (χ3v) is 4.88. The van der Waals surface area contributed by atoms with Gasteiger partial charge in [0.2, 0.25) is 6.79 Å². The minimum absolute atomic E-state index is 0.135. The van der Waals surface area contributed by atoms with E-state index in [1.165, 1.54) is 0 Å². The molecule has 0 aliphatic carbocycles. The van der Waals surface area contributed by atoms with E-state index in [0.717, 1.165) is 30.1 Å². The first kappa shape index (κ1) is 21.4. The zero-order chi connectivity index (χ0) is 21.5. The van der Waals surface area contributed by atoms with Gasteiger partial charge in [0.25, 0.3) is 11.8 Å². The van der Waals surface area contributed by atoms with Crippen molar-refractivity contribution in [3.8, 4) is 11.5 Å². The second-order valence-corrected chi connectivity index (χ2v) is 7.08. The molecule has 30 heavy (non-hydrogen) atoms. The Morgan fingerprint density at radius 3 is 2.37 bits per heavy atom. The maximum atomic E-state index is 12.3. The molecule has 3 rings (SSSR count). The van der Waals surface area contributed by atoms with Gasteiger partial charge in [0.15, 0.2) is 11.5 Å². The number of carbonyl (C=O) groups is 2. The Morgan fingerprint density at radius 1 is 0.967 bits per heavy atom. The fraction of sp³-hybridized carbons (Fsp3) is 0.364. The van der Waals surface area contributed by atoms with Crippen LogP contribution < -0.4 is 25.2 Å². The van der Waals surface area contributed by atoms with Crippen LogP contribution in [0, 0.1) is 0 Å². The highest BCUT2D eigenvalue weighted by molar-refractivity contribution is 5.95. The number of nitrogens with zero attached hydrogens (tertiary/aromatic N) is 2. The summed E-state index contributed by atoms with van der Waals surface area (Å²) >= 11 is 0. The highest BCUT2D eigenvalue weighted by Gasteiger charge is 2.15. The van der Waals surface area contributed by atoms with Gasteiger partial charge in [0.05, 0.1) is 6.54 Å². The Hall–Kier alpha value is -3.26. The quantitative estimate of drug-likeness (QED) is 0.647. The number of rotatable bonds is 8. The highest BCUT2D eigenvalue weighted by Crippen LogP contribution is 2.32. The molecule has 0 fully saturated rings. The second-order valence-electron chi connectivity index (χ2n) is 7.08. The average Bonchev–Trinajstić information content (AvgIpc) is 3.21. The van der Waals surface area contributed by atoms with Crippen LogP contribution in [0.15, 0.2) is 42.5 Å². The molecule has 2 amide bonds. The summed E-state index contributed by atoms with van der Waals surface area (Å²) in [6.07, 6.45) is 0. The lowest BCUT2D eigenvalue weighted by Crippen LogP contribution is -2.45. The molecule has 2 aromatic rings. The fourth-order valence-corrected chi connectivity index (χ4v) is 3.30. The van der Waals surface area contributed by atoms with Crippen molar-refractivity contribution in [2.75, 3.05) is 38.4 Å². The van der Waals surface area contributed by atoms with E-state index in [-0.39, 0.29) is 25.2 Å². The molecule has 0 atom stereocenters. The predicted molar refractivity (Wildman–Crippen MR) is 115 cm³/mol. The van der Waals surface area contributed by atoms with Crippen molar-refractivity contribution in [1.29, 1.82) is 0 Å². The van der Waals surface area contributed by atoms with Crippen LogP contribution >= 0.6 is 0 Å². The normalized spacial score (nSPS) is 12.0. The fourth-order valence-electron chi connectivity index (χ4n) is 3.30. The van der Waals surface area contributed by atoms with Gasteiger partial charge in [0.1, 0.15) is 0 Å². The van der Waals surface area contributed by atoms with Crippen LogP contribution in [-0.4, -0.2) is 50.2 Å². The summed E-state index contributed by atoms with van der Waals surface area (Å²) in [5.74, 6) is 0.788. The predicted octanol–water partition coefficient (Wildman–Crippen LogP) is 2.15. The van der Waals surface area contributed by atoms with Gasteiger partial charge in [-0.05, 0) is 62.9 Å². The lowest BCUT2D eigenvalue weighted by molar-refractivity contribution is -0.122. The van der Waals surface area contributed by atoms with Crippen LogP contribution in [0.5, 0.6) is 11.5 Å². The van der Waals surface area contributed by atoms with Crippen molar-refractivity contribution in [3.05, 3.63) is 53.6 Å². The molecule has 0 saturated heterocycles. The molecular weight excluding hydrogens is 384 g/mol. The van der Waals surface area contributed by atoms with Crippen molar-refractivity contribution >= 4 is 17.5 Å². The minimum atomic E-state index is -0.354. The number of hydrogen-bond donors (Lipinski definition) is 2. The molecule has 2 aromatic carbocycles. The van der Waals surface area contributed by atoms with E-state index in [1.54, 1.807) is 12.1 Å². The van der Waals surface area contributed by atoms with Gasteiger partial charge in [-0.3, -0.25) is 25.3 Å². The maximum absolute atomic E-state index is 12.3. The number of amides is 2. The van der Waals surface area contributed by atoms with Crippen molar-refractivity contribution in [2.45, 2.75) is 20.4 Å². The Balaban J connectivity index is 1.45. The van der Waals surface area contributed by atoms with Gasteiger partial charge < -0.3 is 14.4 Å². The molecule has 0 radical (unpaired) electrons. The molecule has 0 aromatic heterocycles. The first-order chi connectivity index (χ1) is 14.5. The van der Waals surface area contributed by atoms with E-state index in [9.17, 15) is 9.59 Å². The SMILES string of the molecule is CCN(CC)c1ccc(C(=O)NNC(=O)CN(C)Cc2ccc3c(c2)OCO3)cc1. The molecule has 160 valence electrons. The highest BCUT2D eigenvalue weighted by atomic mass is 16.7. The Morgan fingerprint density at radius 2 is 1.67 bits per heavy atom. The first-order valence-corrected chi connectivity index (χ1v) is 10.0. The van der Waals surface area contributed by atoms with Crippen molar-refractivity contribution in [1.82, 2.24) is 15.8 Å². The number of hydrazine groups is 1. The van der Waals surface area contributed by atoms with Crippen LogP contribution in [0.25, 0.3) is 0 Å². The molecule has 8 nitrogen and oxygen atoms in total. The van der Waals surface area contributed by atoms with Crippen LogP contribution in [0.3, 0.4) is 0 Å². The maximum Gasteiger partial charge on any atom is 0.269 e. The van der Waals surface area contributed by atoms with E-state index in [0.29, 0.717) is 17.9 Å². The molecule has 0 spiro atoms. The largest absolute Gasteiger partial charge is 0.454 e. The Kier molecular flexibility index (Phi) is 7.13. The zero-order valence-corrected chi connectivity index (χ0v) is 17.6. The molecule has 2 N–H and O–H groups in total. The van der Waals surface area contributed by atoms with E-state index >= 15 is 0 Å². The third-order valence-electron chi connectivity index (χ3n) is 4.88. The van der Waals surface area contributed by atoms with Gasteiger partial charge in [-0.2, -0.15) is 0 Å². The molecule has 0 saturated carbocycles. The number of likely N-dealkylation sites (N-methyl/N-ethyl adjacent to an activating group) is 1. The summed E-state index contributed by atoms with van der Waals surface area (Å²) in [5, 5.41) is 0. The van der Waals surface area contributed by atoms with Crippen molar-refractivity contribution in [2.24, 2.45) is 0 Å². The smallest absolute Gasteiger partial charge is 0.269 e. The number of ether oxygens (including phenoxy) is 2. The van der Waals surface area contributed by atoms with Gasteiger partial charge in [-0.15, -0.1) is 0 Å². The summed E-state index contributed by atoms with van der Waals surface area (Å²) < 4.78 is 10.7. The van der Waals surface area contributed by atoms with Gasteiger partial charge in [0, 0.05) is 30.9 Å². The summed E-state index contributed by atoms with van der Waals surface area (Å²) in [5.41, 5.74) is 7.48. The number of anilines is 1. The molecule has 1 aliphatic rings. The summed E-state index contributed by atoms with van der Waals surface area (Å²) in [7, 11) is 1.83. The van der Waals surface area contributed by atoms with Gasteiger partial charge >= 0.3 is 0 Å². The molecule has 1 heterocycles. The van der Waals surface area contributed by atoms with Crippen molar-refractivity contribution < 1.29 is 19.1 Å². The number of hydrogen-bond acceptors (Lipinski definition) is 6. The van der Waals surface area contributed by atoms with E-state index in [1.807, 2.05) is 42.3 Å². The molecule has 1 aliphatic heterocycles. The van der Waals surface area contributed by atoms with E-state index < -0.39 is 0 Å². The number of carbonyl (C=O) groups excluding carboxylic acids is 2. The molecule has 0 unspecified atom stereocenters. The molecule has 0 bridgehead atoms. The number of benzene rings is 2. The lowest BCUT2D eigenvalue weighted by atomic mass is 10.2. The van der Waals surface area contributed by atoms with Crippen LogP contribution in [-0.2, 0) is 11.3 Å². The Bertz CT molecular complexity index is 881. The summed E-state index contributed by atoms with van der Waals surface area (Å²) in [6, 6.07) is 13.0. The van der Waals surface area contributed by atoms with E-state index in [4.69, 9.17) is 9.47 Å². The van der Waals surface area contributed by atoms with Crippen LogP contribution in [0.4, 0.5) is 5.69 Å². The average molecular weight is 412 g/mol. The van der Waals surface area contributed by atoms with Gasteiger partial charge in [-0.1, -0.05) is 6.07 Å². The monoisotopic (exact) mass is 412 g/mol. The molecular formula is C22H28N4O4. The minimum Gasteiger partial charge on any atom is -0.454 e. The Labute approximate surface area is 176 Å². The van der Waals surface area contributed by atoms with E-state index in [2.05, 4.69) is 29.6 Å². The molecule has 8 heteroatoms. The standard InChI is InChI=1S/C22H28N4O4/c1-4-26(5-2)18-9-7-17(8-10-18)22(28)24-23-21(27)14-25(3)13-16-6-11-19-20(12-16)30-15-29-19/h6-12H,4-5,13-15H2,1-3H3,(H,23,27)(H,24,28). The van der Waals surface area contributed by atoms with Crippen LogP contribution in [0.1, 0.15) is 29.8 Å². The number of fused-ring (bicyclic) bond motifs is 1. The summed E-state index contributed by atoms with van der Waals surface area (Å²) in [4.78, 5) is 28.5. The third kappa shape index (κ3) is 5.42. The zero-order valence-electron chi connectivity index (χ0n) is 17.6.